The minimum atomic E-state index is -0.699. The number of hydrogen-bond acceptors (Lipinski definition) is 8. The summed E-state index contributed by atoms with van der Waals surface area (Å²) in [7, 11) is 1.78. The van der Waals surface area contributed by atoms with Gasteiger partial charge in [-0.1, -0.05) is 49.0 Å². The Kier molecular flexibility index (Phi) is 6.77. The second-order valence-corrected chi connectivity index (χ2v) is 8.55. The molecule has 1 amide bonds. The highest BCUT2D eigenvalue weighted by Crippen LogP contribution is 2.25. The number of thioether (sulfide) groups is 1. The number of benzene rings is 1. The molecular weight excluding hydrogens is 456 g/mol. The van der Waals surface area contributed by atoms with Gasteiger partial charge in [-0.2, -0.15) is 5.10 Å². The van der Waals surface area contributed by atoms with Crippen molar-refractivity contribution in [1.82, 2.24) is 29.3 Å². The van der Waals surface area contributed by atoms with Gasteiger partial charge in [-0.15, -0.1) is 0 Å². The number of nitrogens with one attached hydrogen (secondary N) is 1. The third-order valence-electron chi connectivity index (χ3n) is 5.24. The number of fused-ring (bicyclic) bond motifs is 1. The summed E-state index contributed by atoms with van der Waals surface area (Å²) in [5.41, 5.74) is 6.43. The van der Waals surface area contributed by atoms with Gasteiger partial charge in [0.25, 0.3) is 5.56 Å². The van der Waals surface area contributed by atoms with E-state index in [1.807, 2.05) is 37.3 Å². The summed E-state index contributed by atoms with van der Waals surface area (Å²) >= 11 is 1.22. The molecule has 0 fully saturated rings. The number of aromatic amines is 1. The molecule has 3 N–H and O–H groups in total. The number of H-pyrrole nitrogens is 1. The number of carbonyl (C=O) groups excluding carboxylic acids is 1. The first-order valence-electron chi connectivity index (χ1n) is 10.6. The minimum Gasteiger partial charge on any atom is -0.383 e. The summed E-state index contributed by atoms with van der Waals surface area (Å²) in [6, 6.07) is 9.26. The molecule has 0 aliphatic rings. The van der Waals surface area contributed by atoms with Crippen molar-refractivity contribution in [2.24, 2.45) is 7.05 Å². The van der Waals surface area contributed by atoms with Gasteiger partial charge in [-0.05, 0) is 12.0 Å². The molecule has 4 rings (SSSR count). The summed E-state index contributed by atoms with van der Waals surface area (Å²) < 4.78 is 2.89. The van der Waals surface area contributed by atoms with Crippen molar-refractivity contribution in [2.75, 3.05) is 22.9 Å². The highest BCUT2D eigenvalue weighted by molar-refractivity contribution is 8.00. The van der Waals surface area contributed by atoms with Crippen molar-refractivity contribution in [2.45, 2.75) is 24.9 Å². The molecule has 3 heterocycles. The third kappa shape index (κ3) is 4.57. The maximum Gasteiger partial charge on any atom is 0.330 e. The van der Waals surface area contributed by atoms with E-state index < -0.39 is 11.2 Å². The molecule has 11 nitrogen and oxygen atoms in total. The van der Waals surface area contributed by atoms with Crippen LogP contribution in [0.15, 0.2) is 57.5 Å². The van der Waals surface area contributed by atoms with E-state index in [1.165, 1.54) is 27.6 Å². The topological polar surface area (TPSA) is 145 Å². The lowest BCUT2D eigenvalue weighted by molar-refractivity contribution is -0.116. The third-order valence-corrected chi connectivity index (χ3v) is 6.23. The molecule has 4 aromatic rings. The van der Waals surface area contributed by atoms with E-state index >= 15 is 0 Å². The van der Waals surface area contributed by atoms with E-state index in [4.69, 9.17) is 5.73 Å². The lowest BCUT2D eigenvalue weighted by Crippen LogP contribution is -2.42. The van der Waals surface area contributed by atoms with Crippen LogP contribution < -0.4 is 21.9 Å². The van der Waals surface area contributed by atoms with Crippen LogP contribution in [0.5, 0.6) is 0 Å². The van der Waals surface area contributed by atoms with Crippen LogP contribution >= 0.6 is 11.8 Å². The van der Waals surface area contributed by atoms with Gasteiger partial charge in [0.15, 0.2) is 11.3 Å². The standard InChI is InChI=1S/C22H24N8O3S/c1-3-9-29(16(31)12-34-21-15-10-26-28(2)19(15)24-13-25-21)17-18(23)30(22(33)27-20(17)32)11-14-7-5-4-6-8-14/h4-8,10,13H,3,9,11-12,23H2,1-2H3,(H,27,32,33). The van der Waals surface area contributed by atoms with Gasteiger partial charge in [-0.25, -0.2) is 14.8 Å². The van der Waals surface area contributed by atoms with Crippen molar-refractivity contribution < 1.29 is 4.79 Å². The van der Waals surface area contributed by atoms with Gasteiger partial charge in [-0.3, -0.25) is 23.8 Å². The molecule has 0 saturated carbocycles. The zero-order valence-corrected chi connectivity index (χ0v) is 19.6. The Bertz CT molecular complexity index is 1440. The smallest absolute Gasteiger partial charge is 0.330 e. The maximum absolute atomic E-state index is 13.3. The van der Waals surface area contributed by atoms with Crippen LogP contribution in [-0.4, -0.2) is 47.5 Å². The van der Waals surface area contributed by atoms with E-state index in [1.54, 1.807) is 17.9 Å². The minimum absolute atomic E-state index is 0.0116. The molecule has 0 unspecified atom stereocenters. The van der Waals surface area contributed by atoms with E-state index in [-0.39, 0.29) is 36.3 Å². The quantitative estimate of drug-likeness (QED) is 0.284. The summed E-state index contributed by atoms with van der Waals surface area (Å²) in [5.74, 6) is -0.372. The number of aromatic nitrogens is 6. The molecule has 0 radical (unpaired) electrons. The fourth-order valence-electron chi connectivity index (χ4n) is 3.61. The molecule has 0 atom stereocenters. The predicted octanol–water partition coefficient (Wildman–Crippen LogP) is 1.38. The van der Waals surface area contributed by atoms with Gasteiger partial charge in [0, 0.05) is 13.6 Å². The van der Waals surface area contributed by atoms with Crippen molar-refractivity contribution in [1.29, 1.82) is 0 Å². The fraction of sp³-hybridized carbons (Fsp3) is 0.273. The van der Waals surface area contributed by atoms with E-state index in [0.29, 0.717) is 17.1 Å². The summed E-state index contributed by atoms with van der Waals surface area (Å²) in [4.78, 5) is 50.6. The van der Waals surface area contributed by atoms with Crippen molar-refractivity contribution in [3.8, 4) is 0 Å². The molecular formula is C22H24N8O3S. The average Bonchev–Trinajstić information content (AvgIpc) is 3.21. The lowest BCUT2D eigenvalue weighted by Gasteiger charge is -2.24. The number of rotatable bonds is 8. The lowest BCUT2D eigenvalue weighted by atomic mass is 10.2. The van der Waals surface area contributed by atoms with Crippen molar-refractivity contribution >= 4 is 40.2 Å². The zero-order chi connectivity index (χ0) is 24.2. The number of nitrogens with zero attached hydrogens (tertiary/aromatic N) is 6. The first kappa shape index (κ1) is 23.2. The Morgan fingerprint density at radius 1 is 1.21 bits per heavy atom. The molecule has 0 aliphatic carbocycles. The predicted molar refractivity (Wildman–Crippen MR) is 131 cm³/mol. The van der Waals surface area contributed by atoms with Crippen LogP contribution in [-0.2, 0) is 18.4 Å². The largest absolute Gasteiger partial charge is 0.383 e. The SMILES string of the molecule is CCCN(C(=O)CSc1ncnc2c1cnn2C)c1c(N)n(Cc2ccccc2)c(=O)[nH]c1=O. The fourth-order valence-corrected chi connectivity index (χ4v) is 4.45. The number of aryl methyl sites for hydroxylation is 1. The van der Waals surface area contributed by atoms with Crippen LogP contribution in [0, 0.1) is 0 Å². The highest BCUT2D eigenvalue weighted by atomic mass is 32.2. The van der Waals surface area contributed by atoms with E-state index in [2.05, 4.69) is 20.1 Å². The summed E-state index contributed by atoms with van der Waals surface area (Å²) in [6.45, 7) is 2.32. The van der Waals surface area contributed by atoms with Gasteiger partial charge in [0.05, 0.1) is 23.9 Å². The number of nitrogens with two attached hydrogens (primary N) is 1. The van der Waals surface area contributed by atoms with Crippen LogP contribution in [0.25, 0.3) is 11.0 Å². The number of anilines is 2. The Hall–Kier alpha value is -3.93. The molecule has 0 spiro atoms. The van der Waals surface area contributed by atoms with E-state index in [0.717, 1.165) is 10.9 Å². The highest BCUT2D eigenvalue weighted by Gasteiger charge is 2.24. The molecule has 34 heavy (non-hydrogen) atoms. The Labute approximate surface area is 198 Å². The van der Waals surface area contributed by atoms with Crippen LogP contribution in [0.2, 0.25) is 0 Å². The molecule has 12 heteroatoms. The van der Waals surface area contributed by atoms with Crippen LogP contribution in [0.1, 0.15) is 18.9 Å². The first-order valence-corrected chi connectivity index (χ1v) is 11.6. The van der Waals surface area contributed by atoms with Gasteiger partial charge < -0.3 is 10.6 Å². The molecule has 176 valence electrons. The number of nitrogen functional groups attached to an aromatic ring is 1. The molecule has 1 aromatic carbocycles. The van der Waals surface area contributed by atoms with Crippen molar-refractivity contribution in [3.63, 3.8) is 0 Å². The average molecular weight is 481 g/mol. The zero-order valence-electron chi connectivity index (χ0n) is 18.8. The summed E-state index contributed by atoms with van der Waals surface area (Å²) in [6.07, 6.45) is 3.66. The first-order chi connectivity index (χ1) is 16.4. The Morgan fingerprint density at radius 3 is 2.71 bits per heavy atom. The molecule has 0 aliphatic heterocycles. The van der Waals surface area contributed by atoms with Crippen LogP contribution in [0.4, 0.5) is 11.5 Å². The normalized spacial score (nSPS) is 11.1. The van der Waals surface area contributed by atoms with Crippen molar-refractivity contribution in [3.05, 3.63) is 69.3 Å². The number of amides is 1. The molecule has 3 aromatic heterocycles. The number of hydrogen-bond donors (Lipinski definition) is 2. The maximum atomic E-state index is 13.3. The molecule has 0 saturated heterocycles. The number of carbonyl (C=O) groups is 1. The second kappa shape index (κ2) is 9.91. The van der Waals surface area contributed by atoms with Gasteiger partial charge in [0.1, 0.15) is 17.2 Å². The van der Waals surface area contributed by atoms with E-state index in [9.17, 15) is 14.4 Å². The van der Waals surface area contributed by atoms with Gasteiger partial charge in [0.2, 0.25) is 5.91 Å². The molecule has 0 bridgehead atoms. The Balaban J connectivity index is 1.64. The second-order valence-electron chi connectivity index (χ2n) is 7.58. The Morgan fingerprint density at radius 2 is 1.97 bits per heavy atom. The van der Waals surface area contributed by atoms with Gasteiger partial charge >= 0.3 is 5.69 Å². The monoisotopic (exact) mass is 480 g/mol. The van der Waals surface area contributed by atoms with Crippen LogP contribution in [0.3, 0.4) is 0 Å². The summed E-state index contributed by atoms with van der Waals surface area (Å²) in [5, 5.41) is 5.53.